The van der Waals surface area contributed by atoms with Crippen molar-refractivity contribution in [2.75, 3.05) is 6.61 Å². The van der Waals surface area contributed by atoms with E-state index in [2.05, 4.69) is 14.6 Å². The fourth-order valence-corrected chi connectivity index (χ4v) is 2.12. The van der Waals surface area contributed by atoms with Gasteiger partial charge in [-0.1, -0.05) is 0 Å². The van der Waals surface area contributed by atoms with Crippen molar-refractivity contribution in [3.05, 3.63) is 12.2 Å². The van der Waals surface area contributed by atoms with Crippen molar-refractivity contribution >= 4 is 13.7 Å². The fraction of sp³-hybridized carbons (Fsp3) is 0.625. The summed E-state index contributed by atoms with van der Waals surface area (Å²) < 4.78 is 21.1. The number of aliphatic hydroxyl groups excluding tert-OH is 2. The van der Waals surface area contributed by atoms with E-state index < -0.39 is 39.0 Å². The average molecular weight is 323 g/mol. The number of hydrogen-bond acceptors (Lipinski definition) is 8. The van der Waals surface area contributed by atoms with Gasteiger partial charge in [-0.15, -0.1) is 5.10 Å². The smallest absolute Gasteiger partial charge is 0.387 e. The lowest BCUT2D eigenvalue weighted by Gasteiger charge is -2.14. The van der Waals surface area contributed by atoms with Crippen molar-refractivity contribution in [3.8, 4) is 0 Å². The van der Waals surface area contributed by atoms with Gasteiger partial charge in [0.1, 0.15) is 24.6 Å². The molecule has 0 spiro atoms. The minimum absolute atomic E-state index is 0.0878. The first kappa shape index (κ1) is 16.0. The van der Waals surface area contributed by atoms with Gasteiger partial charge in [-0.25, -0.2) is 14.2 Å². The summed E-state index contributed by atoms with van der Waals surface area (Å²) in [5.74, 6) is -0.474. The van der Waals surface area contributed by atoms with Crippen LogP contribution in [-0.2, 0) is 13.8 Å². The van der Waals surface area contributed by atoms with Gasteiger partial charge in [0.15, 0.2) is 12.1 Å². The van der Waals surface area contributed by atoms with Crippen molar-refractivity contribution in [3.63, 3.8) is 0 Å². The van der Waals surface area contributed by atoms with Crippen molar-refractivity contribution in [2.45, 2.75) is 24.5 Å². The van der Waals surface area contributed by atoms with Gasteiger partial charge in [0.2, 0.25) is 5.82 Å². The predicted octanol–water partition coefficient (Wildman–Crippen LogP) is -2.71. The second kappa shape index (κ2) is 5.77. The number of rotatable bonds is 5. The van der Waals surface area contributed by atoms with Gasteiger partial charge in [-0.05, 0) is 0 Å². The SMILES string of the molecule is N=C(N)c1ncn([C@@H]2OC(COP(=O)(O)O)[C@@H](O)[C@H]2O)n1. The molecule has 2 heterocycles. The average Bonchev–Trinajstić information content (AvgIpc) is 2.94. The zero-order valence-electron chi connectivity index (χ0n) is 10.5. The van der Waals surface area contributed by atoms with E-state index in [4.69, 9.17) is 25.7 Å². The van der Waals surface area contributed by atoms with E-state index in [9.17, 15) is 14.8 Å². The van der Waals surface area contributed by atoms with E-state index in [0.29, 0.717) is 0 Å². The van der Waals surface area contributed by atoms with E-state index in [1.165, 1.54) is 0 Å². The Bertz CT molecular complexity index is 573. The molecule has 21 heavy (non-hydrogen) atoms. The number of amidine groups is 1. The first-order valence-electron chi connectivity index (χ1n) is 5.66. The largest absolute Gasteiger partial charge is 0.469 e. The minimum atomic E-state index is -4.72. The Morgan fingerprint density at radius 2 is 2.19 bits per heavy atom. The monoisotopic (exact) mass is 323 g/mol. The molecule has 1 aliphatic rings. The van der Waals surface area contributed by atoms with E-state index in [-0.39, 0.29) is 11.7 Å². The van der Waals surface area contributed by atoms with Gasteiger partial charge in [0, 0.05) is 0 Å². The van der Waals surface area contributed by atoms with Crippen molar-refractivity contribution in [1.29, 1.82) is 5.41 Å². The van der Waals surface area contributed by atoms with Gasteiger partial charge in [-0.3, -0.25) is 9.93 Å². The highest BCUT2D eigenvalue weighted by atomic mass is 31.2. The maximum Gasteiger partial charge on any atom is 0.469 e. The fourth-order valence-electron chi connectivity index (χ4n) is 1.78. The maximum absolute atomic E-state index is 10.6. The van der Waals surface area contributed by atoms with E-state index in [0.717, 1.165) is 11.0 Å². The zero-order chi connectivity index (χ0) is 15.8. The quantitative estimate of drug-likeness (QED) is 0.188. The van der Waals surface area contributed by atoms with E-state index >= 15 is 0 Å². The minimum Gasteiger partial charge on any atom is -0.387 e. The Kier molecular flexibility index (Phi) is 4.39. The summed E-state index contributed by atoms with van der Waals surface area (Å²) in [7, 11) is -4.72. The summed E-state index contributed by atoms with van der Waals surface area (Å²) in [6, 6.07) is 0. The molecular formula is C8H14N5O7P. The van der Waals surface area contributed by atoms with Gasteiger partial charge >= 0.3 is 7.82 Å². The Balaban J connectivity index is 2.08. The summed E-state index contributed by atoms with van der Waals surface area (Å²) >= 11 is 0. The Labute approximate surface area is 117 Å². The highest BCUT2D eigenvalue weighted by Gasteiger charge is 2.45. The van der Waals surface area contributed by atoms with Crippen molar-refractivity contribution < 1.29 is 33.8 Å². The number of nitrogens with one attached hydrogen (secondary N) is 1. The predicted molar refractivity (Wildman–Crippen MR) is 65.0 cm³/mol. The lowest BCUT2D eigenvalue weighted by Crippen LogP contribution is -2.33. The summed E-state index contributed by atoms with van der Waals surface area (Å²) in [6.45, 7) is -0.618. The first-order valence-corrected chi connectivity index (χ1v) is 7.19. The van der Waals surface area contributed by atoms with Gasteiger partial charge < -0.3 is 30.5 Å². The molecule has 1 unspecified atom stereocenters. The Morgan fingerprint density at radius 1 is 1.52 bits per heavy atom. The molecule has 118 valence electrons. The number of nitrogens with two attached hydrogens (primary N) is 1. The molecule has 7 N–H and O–H groups in total. The third-order valence-corrected chi connectivity index (χ3v) is 3.24. The molecule has 0 aliphatic carbocycles. The Morgan fingerprint density at radius 3 is 2.71 bits per heavy atom. The van der Waals surface area contributed by atoms with Crippen LogP contribution < -0.4 is 5.73 Å². The third kappa shape index (κ3) is 3.63. The van der Waals surface area contributed by atoms with Crippen LogP contribution in [0.1, 0.15) is 12.1 Å². The summed E-state index contributed by atoms with van der Waals surface area (Å²) in [5, 5.41) is 30.6. The van der Waals surface area contributed by atoms with Crippen LogP contribution >= 0.6 is 7.82 Å². The first-order chi connectivity index (χ1) is 9.69. The number of nitrogen functional groups attached to an aromatic ring is 1. The molecule has 1 aliphatic heterocycles. The molecule has 4 atom stereocenters. The van der Waals surface area contributed by atoms with Crippen LogP contribution in [0.5, 0.6) is 0 Å². The molecule has 0 amide bonds. The molecule has 0 bridgehead atoms. The molecule has 1 aromatic heterocycles. The standard InChI is InChI=1S/C8H14N5O7P/c9-6(10)7-11-2-13(12-7)8-5(15)4(14)3(20-8)1-19-21(16,17)18/h2-5,8,14-15H,1H2,(H3,9,10)(H2,16,17,18)/t3?,4-,5-,8-/m1/s1. The summed E-state index contributed by atoms with van der Waals surface area (Å²) in [6.07, 6.45) is -4.03. The number of nitrogens with zero attached hydrogens (tertiary/aromatic N) is 3. The van der Waals surface area contributed by atoms with E-state index in [1.54, 1.807) is 0 Å². The summed E-state index contributed by atoms with van der Waals surface area (Å²) in [4.78, 5) is 20.9. The lowest BCUT2D eigenvalue weighted by molar-refractivity contribution is -0.0580. The number of ether oxygens (including phenoxy) is 1. The molecule has 12 nitrogen and oxygen atoms in total. The molecule has 0 aromatic carbocycles. The van der Waals surface area contributed by atoms with Crippen LogP contribution in [0.15, 0.2) is 6.33 Å². The third-order valence-electron chi connectivity index (χ3n) is 2.75. The van der Waals surface area contributed by atoms with E-state index in [1.807, 2.05) is 0 Å². The van der Waals surface area contributed by atoms with Crippen LogP contribution in [0, 0.1) is 5.41 Å². The number of phosphoric acid groups is 1. The normalized spacial score (nSPS) is 29.7. The molecule has 2 rings (SSSR count). The molecule has 1 fully saturated rings. The van der Waals surface area contributed by atoms with Crippen LogP contribution in [0.4, 0.5) is 0 Å². The molecule has 0 radical (unpaired) electrons. The second-order valence-corrected chi connectivity index (χ2v) is 5.53. The molecule has 1 saturated heterocycles. The highest BCUT2D eigenvalue weighted by Crippen LogP contribution is 2.38. The van der Waals surface area contributed by atoms with Crippen molar-refractivity contribution in [1.82, 2.24) is 14.8 Å². The number of phosphoric ester groups is 1. The van der Waals surface area contributed by atoms with Crippen LogP contribution in [-0.4, -0.2) is 65.5 Å². The molecule has 0 saturated carbocycles. The molecule has 1 aromatic rings. The van der Waals surface area contributed by atoms with Gasteiger partial charge in [0.25, 0.3) is 0 Å². The number of aromatic nitrogens is 3. The maximum atomic E-state index is 10.6. The van der Waals surface area contributed by atoms with Gasteiger partial charge in [-0.2, -0.15) is 0 Å². The number of hydrogen-bond donors (Lipinski definition) is 6. The second-order valence-electron chi connectivity index (χ2n) is 4.29. The lowest BCUT2D eigenvalue weighted by atomic mass is 10.1. The Hall–Kier alpha value is -1.40. The zero-order valence-corrected chi connectivity index (χ0v) is 11.4. The number of aliphatic hydroxyl groups is 2. The van der Waals surface area contributed by atoms with Gasteiger partial charge in [0.05, 0.1) is 6.61 Å². The molecular weight excluding hydrogens is 309 g/mol. The van der Waals surface area contributed by atoms with Crippen molar-refractivity contribution in [2.24, 2.45) is 5.73 Å². The molecule has 13 heteroatoms. The van der Waals surface area contributed by atoms with Crippen LogP contribution in [0.3, 0.4) is 0 Å². The van der Waals surface area contributed by atoms with Crippen LogP contribution in [0.2, 0.25) is 0 Å². The van der Waals surface area contributed by atoms with Crippen LogP contribution in [0.25, 0.3) is 0 Å². The topological polar surface area (TPSA) is 197 Å². The highest BCUT2D eigenvalue weighted by molar-refractivity contribution is 7.46. The summed E-state index contributed by atoms with van der Waals surface area (Å²) in [5.41, 5.74) is 5.20.